The molecule has 3 saturated heterocycles. The van der Waals surface area contributed by atoms with Crippen LogP contribution in [0.1, 0.15) is 0 Å². The standard InChI is InChI=1S/C4H5NO4/c6-2(7)1-3-8-4(5-1)9-3/h1,3-5H,(H,6,7). The lowest BCUT2D eigenvalue weighted by Crippen LogP contribution is -2.36. The van der Waals surface area contributed by atoms with Gasteiger partial charge in [-0.2, -0.15) is 0 Å². The van der Waals surface area contributed by atoms with Crippen molar-refractivity contribution in [1.29, 1.82) is 0 Å². The normalized spacial score (nSPS) is 46.4. The van der Waals surface area contributed by atoms with Crippen LogP contribution in [0, 0.1) is 0 Å². The zero-order chi connectivity index (χ0) is 6.43. The number of fused-ring (bicyclic) bond motifs is 1. The topological polar surface area (TPSA) is 67.8 Å². The van der Waals surface area contributed by atoms with Crippen LogP contribution in [-0.4, -0.2) is 29.8 Å². The van der Waals surface area contributed by atoms with E-state index in [0.29, 0.717) is 0 Å². The van der Waals surface area contributed by atoms with Gasteiger partial charge in [0, 0.05) is 0 Å². The predicted octanol–water partition coefficient (Wildman–Crippen LogP) is -1.30. The fourth-order valence-corrected chi connectivity index (χ4v) is 0.902. The highest BCUT2D eigenvalue weighted by Gasteiger charge is 2.50. The van der Waals surface area contributed by atoms with Crippen molar-refractivity contribution < 1.29 is 19.4 Å². The molecule has 3 aliphatic heterocycles. The summed E-state index contributed by atoms with van der Waals surface area (Å²) in [7, 11) is 0. The second-order valence-electron chi connectivity index (χ2n) is 1.96. The van der Waals surface area contributed by atoms with Gasteiger partial charge in [-0.25, -0.2) is 0 Å². The van der Waals surface area contributed by atoms with Crippen LogP contribution in [0.5, 0.6) is 0 Å². The van der Waals surface area contributed by atoms with Gasteiger partial charge in [-0.05, 0) is 0 Å². The Balaban J connectivity index is 2.08. The van der Waals surface area contributed by atoms with E-state index in [1.54, 1.807) is 0 Å². The summed E-state index contributed by atoms with van der Waals surface area (Å²) in [6.45, 7) is 0. The average Bonchev–Trinajstić information content (AvgIpc) is 2.12. The van der Waals surface area contributed by atoms with Crippen LogP contribution in [0.3, 0.4) is 0 Å². The summed E-state index contributed by atoms with van der Waals surface area (Å²) < 4.78 is 9.62. The number of carboxylic acids is 1. The van der Waals surface area contributed by atoms with E-state index in [-0.39, 0.29) is 0 Å². The molecule has 0 spiro atoms. The summed E-state index contributed by atoms with van der Waals surface area (Å²) in [5, 5.41) is 11.0. The summed E-state index contributed by atoms with van der Waals surface area (Å²) in [6.07, 6.45) is -1.04. The van der Waals surface area contributed by atoms with Gasteiger partial charge in [0.2, 0.25) is 6.41 Å². The van der Waals surface area contributed by atoms with E-state index < -0.39 is 24.7 Å². The quantitative estimate of drug-likeness (QED) is 0.463. The Morgan fingerprint density at radius 2 is 2.22 bits per heavy atom. The molecule has 50 valence electrons. The molecule has 0 aromatic carbocycles. The molecule has 0 amide bonds. The predicted molar refractivity (Wildman–Crippen MR) is 24.3 cm³/mol. The fourth-order valence-electron chi connectivity index (χ4n) is 0.902. The number of hydrogen-bond acceptors (Lipinski definition) is 4. The molecule has 2 N–H and O–H groups in total. The van der Waals surface area contributed by atoms with Gasteiger partial charge < -0.3 is 14.6 Å². The summed E-state index contributed by atoms with van der Waals surface area (Å²) in [5.41, 5.74) is 0. The van der Waals surface area contributed by atoms with Gasteiger partial charge in [0.25, 0.3) is 0 Å². The minimum atomic E-state index is -0.931. The van der Waals surface area contributed by atoms with Crippen LogP contribution in [0.15, 0.2) is 0 Å². The van der Waals surface area contributed by atoms with Gasteiger partial charge in [0.05, 0.1) is 0 Å². The van der Waals surface area contributed by atoms with Crippen LogP contribution in [0.2, 0.25) is 0 Å². The number of aliphatic carboxylic acids is 1. The molecule has 1 unspecified atom stereocenters. The van der Waals surface area contributed by atoms with Crippen LogP contribution >= 0.6 is 0 Å². The van der Waals surface area contributed by atoms with Crippen LogP contribution in [0.25, 0.3) is 0 Å². The van der Waals surface area contributed by atoms with Crippen molar-refractivity contribution in [3.63, 3.8) is 0 Å². The summed E-state index contributed by atoms with van der Waals surface area (Å²) in [4.78, 5) is 10.2. The first-order valence-corrected chi connectivity index (χ1v) is 2.57. The lowest BCUT2D eigenvalue weighted by molar-refractivity contribution is -0.343. The SMILES string of the molecule is O=C(O)C1NC2OC1O2. The number of hydrogen-bond donors (Lipinski definition) is 2. The third kappa shape index (κ3) is 0.562. The van der Waals surface area contributed by atoms with E-state index in [1.807, 2.05) is 0 Å². The summed E-state index contributed by atoms with van der Waals surface area (Å²) >= 11 is 0. The lowest BCUT2D eigenvalue weighted by atomic mass is 10.3. The Labute approximate surface area is 50.6 Å². The molecule has 1 atom stereocenters. The van der Waals surface area contributed by atoms with Gasteiger partial charge in [-0.3, -0.25) is 10.1 Å². The molecule has 5 heteroatoms. The largest absolute Gasteiger partial charge is 0.480 e. The molecule has 3 rings (SSSR count). The Morgan fingerprint density at radius 1 is 1.56 bits per heavy atom. The van der Waals surface area contributed by atoms with Gasteiger partial charge >= 0.3 is 5.97 Å². The first-order chi connectivity index (χ1) is 4.27. The van der Waals surface area contributed by atoms with E-state index in [9.17, 15) is 4.79 Å². The monoisotopic (exact) mass is 131 g/mol. The van der Waals surface area contributed by atoms with Crippen molar-refractivity contribution in [2.75, 3.05) is 0 Å². The number of nitrogens with one attached hydrogen (secondary N) is 1. The molecule has 0 aromatic rings. The Hall–Kier alpha value is -0.650. The van der Waals surface area contributed by atoms with E-state index in [0.717, 1.165) is 0 Å². The summed E-state index contributed by atoms with van der Waals surface area (Å²) in [5.74, 6) is -0.931. The number of rotatable bonds is 1. The summed E-state index contributed by atoms with van der Waals surface area (Å²) in [6, 6.07) is -0.671. The number of carbonyl (C=O) groups is 1. The Kier molecular flexibility index (Phi) is 0.825. The fraction of sp³-hybridized carbons (Fsp3) is 0.750. The highest BCUT2D eigenvalue weighted by molar-refractivity contribution is 5.74. The maximum Gasteiger partial charge on any atom is 0.326 e. The van der Waals surface area contributed by atoms with Crippen molar-refractivity contribution in [2.45, 2.75) is 18.7 Å². The molecule has 3 heterocycles. The molecule has 0 saturated carbocycles. The van der Waals surface area contributed by atoms with Gasteiger partial charge in [-0.1, -0.05) is 0 Å². The Morgan fingerprint density at radius 3 is 2.44 bits per heavy atom. The molecule has 0 aromatic heterocycles. The van der Waals surface area contributed by atoms with E-state index in [1.165, 1.54) is 0 Å². The van der Waals surface area contributed by atoms with Crippen LogP contribution in [-0.2, 0) is 14.3 Å². The van der Waals surface area contributed by atoms with Crippen molar-refractivity contribution in [3.8, 4) is 0 Å². The molecule has 2 bridgehead atoms. The van der Waals surface area contributed by atoms with Gasteiger partial charge in [0.15, 0.2) is 12.3 Å². The second-order valence-corrected chi connectivity index (χ2v) is 1.96. The third-order valence-corrected chi connectivity index (χ3v) is 1.37. The highest BCUT2D eigenvalue weighted by atomic mass is 16.9. The van der Waals surface area contributed by atoms with E-state index in [4.69, 9.17) is 14.6 Å². The minimum Gasteiger partial charge on any atom is -0.480 e. The molecule has 5 nitrogen and oxygen atoms in total. The lowest BCUT2D eigenvalue weighted by Gasteiger charge is -2.23. The Bertz CT molecular complexity index is 153. The number of ether oxygens (including phenoxy) is 2. The van der Waals surface area contributed by atoms with Crippen molar-refractivity contribution in [3.05, 3.63) is 0 Å². The van der Waals surface area contributed by atoms with Gasteiger partial charge in [0.1, 0.15) is 0 Å². The maximum atomic E-state index is 10.2. The van der Waals surface area contributed by atoms with E-state index in [2.05, 4.69) is 5.32 Å². The molecule has 9 heavy (non-hydrogen) atoms. The zero-order valence-corrected chi connectivity index (χ0v) is 4.40. The van der Waals surface area contributed by atoms with Crippen molar-refractivity contribution in [2.24, 2.45) is 0 Å². The molecule has 3 aliphatic rings. The van der Waals surface area contributed by atoms with Crippen LogP contribution < -0.4 is 5.32 Å². The zero-order valence-electron chi connectivity index (χ0n) is 4.40. The van der Waals surface area contributed by atoms with E-state index >= 15 is 0 Å². The average molecular weight is 131 g/mol. The maximum absolute atomic E-state index is 10.2. The highest BCUT2D eigenvalue weighted by Crippen LogP contribution is 2.26. The molecule has 0 aliphatic carbocycles. The van der Waals surface area contributed by atoms with Gasteiger partial charge in [-0.15, -0.1) is 0 Å². The molecular weight excluding hydrogens is 126 g/mol. The van der Waals surface area contributed by atoms with Crippen molar-refractivity contribution in [1.82, 2.24) is 5.32 Å². The first-order valence-electron chi connectivity index (χ1n) is 2.57. The van der Waals surface area contributed by atoms with Crippen molar-refractivity contribution >= 4 is 5.97 Å². The second kappa shape index (κ2) is 1.44. The molecular formula is C4H5NO4. The smallest absolute Gasteiger partial charge is 0.326 e. The third-order valence-electron chi connectivity index (χ3n) is 1.37. The van der Waals surface area contributed by atoms with Crippen LogP contribution in [0.4, 0.5) is 0 Å². The number of carboxylic acid groups (broad SMARTS) is 1. The first kappa shape index (κ1) is 5.16. The molecule has 3 fully saturated rings. The molecule has 0 radical (unpaired) electrons. The minimum absolute atomic E-state index is 0.476.